The van der Waals surface area contributed by atoms with Crippen LogP contribution in [0.4, 0.5) is 5.69 Å². The van der Waals surface area contributed by atoms with Gasteiger partial charge >= 0.3 is 0 Å². The maximum atomic E-state index is 12.4. The van der Waals surface area contributed by atoms with E-state index >= 15 is 0 Å². The molecule has 2 aromatic carbocycles. The van der Waals surface area contributed by atoms with Crippen LogP contribution >= 0.6 is 11.6 Å². The number of nitrogens with zero attached hydrogens (tertiary/aromatic N) is 2. The fraction of sp³-hybridized carbons (Fsp3) is 0.300. The fourth-order valence-corrected chi connectivity index (χ4v) is 2.73. The van der Waals surface area contributed by atoms with Gasteiger partial charge < -0.3 is 15.0 Å². The molecular formula is C20H24ClN3O3. The predicted molar refractivity (Wildman–Crippen MR) is 107 cm³/mol. The number of hydrogen-bond donors (Lipinski definition) is 1. The quantitative estimate of drug-likeness (QED) is 0.754. The second kappa shape index (κ2) is 9.94. The third-order valence-electron chi connectivity index (χ3n) is 3.96. The Morgan fingerprint density at radius 3 is 2.52 bits per heavy atom. The maximum Gasteiger partial charge on any atom is 0.243 e. The highest BCUT2D eigenvalue weighted by Crippen LogP contribution is 2.17. The van der Waals surface area contributed by atoms with Gasteiger partial charge in [0, 0.05) is 30.4 Å². The SMILES string of the molecule is COc1cccc(NC(=O)CN(C)C(=O)CN(C)Cc2ccccc2Cl)c1. The van der Waals surface area contributed by atoms with Crippen LogP contribution in [0.1, 0.15) is 5.56 Å². The van der Waals surface area contributed by atoms with Crippen molar-refractivity contribution >= 4 is 29.1 Å². The average molecular weight is 390 g/mol. The first-order chi connectivity index (χ1) is 12.9. The molecule has 144 valence electrons. The molecule has 0 aliphatic rings. The number of nitrogens with one attached hydrogen (secondary N) is 1. The molecule has 0 fully saturated rings. The summed E-state index contributed by atoms with van der Waals surface area (Å²) in [6.07, 6.45) is 0. The first-order valence-electron chi connectivity index (χ1n) is 8.49. The van der Waals surface area contributed by atoms with E-state index in [2.05, 4.69) is 5.32 Å². The summed E-state index contributed by atoms with van der Waals surface area (Å²) in [5.74, 6) is 0.233. The standard InChI is InChI=1S/C20H24ClN3O3/c1-23(12-15-7-4-5-10-18(15)21)14-20(26)24(2)13-19(25)22-16-8-6-9-17(11-16)27-3/h4-11H,12-14H2,1-3H3,(H,22,25). The van der Waals surface area contributed by atoms with Crippen molar-refractivity contribution in [1.82, 2.24) is 9.80 Å². The number of rotatable bonds is 8. The minimum Gasteiger partial charge on any atom is -0.497 e. The lowest BCUT2D eigenvalue weighted by atomic mass is 10.2. The summed E-state index contributed by atoms with van der Waals surface area (Å²) in [5.41, 5.74) is 1.57. The number of benzene rings is 2. The van der Waals surface area contributed by atoms with E-state index in [0.717, 1.165) is 5.56 Å². The van der Waals surface area contributed by atoms with E-state index < -0.39 is 0 Å². The van der Waals surface area contributed by atoms with Gasteiger partial charge in [-0.2, -0.15) is 0 Å². The molecule has 2 amide bonds. The minimum absolute atomic E-state index is 0.0318. The Kier molecular flexibility index (Phi) is 7.64. The summed E-state index contributed by atoms with van der Waals surface area (Å²) in [7, 11) is 5.01. The molecule has 1 N–H and O–H groups in total. The Morgan fingerprint density at radius 1 is 1.07 bits per heavy atom. The van der Waals surface area contributed by atoms with Gasteiger partial charge in [-0.15, -0.1) is 0 Å². The molecule has 6 nitrogen and oxygen atoms in total. The number of likely N-dealkylation sites (N-methyl/N-ethyl adjacent to an activating group) is 2. The minimum atomic E-state index is -0.271. The Balaban J connectivity index is 1.83. The van der Waals surface area contributed by atoms with Crippen LogP contribution in [-0.4, -0.2) is 55.9 Å². The number of carbonyl (C=O) groups excluding carboxylic acids is 2. The van der Waals surface area contributed by atoms with Gasteiger partial charge in [-0.25, -0.2) is 0 Å². The number of hydrogen-bond acceptors (Lipinski definition) is 4. The van der Waals surface area contributed by atoms with Crippen LogP contribution in [0.3, 0.4) is 0 Å². The normalized spacial score (nSPS) is 10.6. The van der Waals surface area contributed by atoms with Crippen LogP contribution in [0.5, 0.6) is 5.75 Å². The molecule has 0 unspecified atom stereocenters. The zero-order valence-corrected chi connectivity index (χ0v) is 16.5. The second-order valence-corrected chi connectivity index (χ2v) is 6.70. The molecule has 27 heavy (non-hydrogen) atoms. The van der Waals surface area contributed by atoms with E-state index in [1.54, 1.807) is 38.4 Å². The third-order valence-corrected chi connectivity index (χ3v) is 4.33. The van der Waals surface area contributed by atoms with Crippen molar-refractivity contribution in [2.45, 2.75) is 6.54 Å². The predicted octanol–water partition coefficient (Wildman–Crippen LogP) is 2.88. The number of carbonyl (C=O) groups is 2. The Bertz CT molecular complexity index is 798. The van der Waals surface area contributed by atoms with Crippen molar-refractivity contribution in [2.24, 2.45) is 0 Å². The molecule has 0 heterocycles. The number of ether oxygens (including phenoxy) is 1. The second-order valence-electron chi connectivity index (χ2n) is 6.29. The molecule has 0 aromatic heterocycles. The Hall–Kier alpha value is -2.57. The molecule has 0 saturated carbocycles. The van der Waals surface area contributed by atoms with Crippen LogP contribution in [0.25, 0.3) is 0 Å². The largest absolute Gasteiger partial charge is 0.497 e. The zero-order valence-electron chi connectivity index (χ0n) is 15.7. The summed E-state index contributed by atoms with van der Waals surface area (Å²) in [5, 5.41) is 3.43. The van der Waals surface area contributed by atoms with E-state index in [1.165, 1.54) is 4.90 Å². The molecule has 0 spiro atoms. The summed E-state index contributed by atoms with van der Waals surface area (Å²) < 4.78 is 5.13. The average Bonchev–Trinajstić information content (AvgIpc) is 2.63. The highest BCUT2D eigenvalue weighted by Gasteiger charge is 2.16. The van der Waals surface area contributed by atoms with Crippen LogP contribution in [0.15, 0.2) is 48.5 Å². The van der Waals surface area contributed by atoms with Gasteiger partial charge in [0.15, 0.2) is 0 Å². The van der Waals surface area contributed by atoms with Crippen molar-refractivity contribution in [1.29, 1.82) is 0 Å². The smallest absolute Gasteiger partial charge is 0.243 e. The van der Waals surface area contributed by atoms with Gasteiger partial charge in [-0.3, -0.25) is 14.5 Å². The van der Waals surface area contributed by atoms with Crippen molar-refractivity contribution < 1.29 is 14.3 Å². The van der Waals surface area contributed by atoms with Gasteiger partial charge in [0.05, 0.1) is 20.2 Å². The van der Waals surface area contributed by atoms with Gasteiger partial charge in [0.1, 0.15) is 5.75 Å². The number of halogens is 1. The van der Waals surface area contributed by atoms with Gasteiger partial charge in [0.25, 0.3) is 0 Å². The number of anilines is 1. The van der Waals surface area contributed by atoms with Gasteiger partial charge in [-0.05, 0) is 30.8 Å². The van der Waals surface area contributed by atoms with E-state index in [-0.39, 0.29) is 24.9 Å². The fourth-order valence-electron chi connectivity index (χ4n) is 2.53. The molecule has 0 radical (unpaired) electrons. The Labute approximate surface area is 164 Å². The van der Waals surface area contributed by atoms with Crippen LogP contribution in [0, 0.1) is 0 Å². The van der Waals surface area contributed by atoms with Crippen molar-refractivity contribution in [2.75, 3.05) is 39.6 Å². The molecular weight excluding hydrogens is 366 g/mol. The van der Waals surface area contributed by atoms with Crippen molar-refractivity contribution in [3.05, 3.63) is 59.1 Å². The summed E-state index contributed by atoms with van der Waals surface area (Å²) in [6, 6.07) is 14.6. The molecule has 0 aliphatic carbocycles. The molecule has 2 rings (SSSR count). The molecule has 0 atom stereocenters. The molecule has 0 saturated heterocycles. The lowest BCUT2D eigenvalue weighted by molar-refractivity contribution is -0.134. The lowest BCUT2D eigenvalue weighted by Crippen LogP contribution is -2.40. The summed E-state index contributed by atoms with van der Waals surface area (Å²) >= 11 is 6.15. The summed E-state index contributed by atoms with van der Waals surface area (Å²) in [4.78, 5) is 27.8. The van der Waals surface area contributed by atoms with E-state index in [9.17, 15) is 9.59 Å². The first kappa shape index (κ1) is 20.7. The van der Waals surface area contributed by atoms with Crippen molar-refractivity contribution in [3.8, 4) is 5.75 Å². The van der Waals surface area contributed by atoms with E-state index in [0.29, 0.717) is 23.0 Å². The highest BCUT2D eigenvalue weighted by atomic mass is 35.5. The van der Waals surface area contributed by atoms with Gasteiger partial charge in [-0.1, -0.05) is 35.9 Å². The van der Waals surface area contributed by atoms with Crippen molar-refractivity contribution in [3.63, 3.8) is 0 Å². The van der Waals surface area contributed by atoms with Crippen LogP contribution in [-0.2, 0) is 16.1 Å². The molecule has 7 heteroatoms. The van der Waals surface area contributed by atoms with E-state index in [1.807, 2.05) is 36.2 Å². The highest BCUT2D eigenvalue weighted by molar-refractivity contribution is 6.31. The number of methoxy groups -OCH3 is 1. The first-order valence-corrected chi connectivity index (χ1v) is 8.86. The lowest BCUT2D eigenvalue weighted by Gasteiger charge is -2.22. The molecule has 0 bridgehead atoms. The molecule has 2 aromatic rings. The summed E-state index contributed by atoms with van der Waals surface area (Å²) in [6.45, 7) is 0.708. The topological polar surface area (TPSA) is 61.9 Å². The Morgan fingerprint density at radius 2 is 1.81 bits per heavy atom. The number of amides is 2. The van der Waals surface area contributed by atoms with Crippen LogP contribution in [0.2, 0.25) is 5.02 Å². The maximum absolute atomic E-state index is 12.4. The van der Waals surface area contributed by atoms with Gasteiger partial charge in [0.2, 0.25) is 11.8 Å². The zero-order chi connectivity index (χ0) is 19.8. The van der Waals surface area contributed by atoms with E-state index in [4.69, 9.17) is 16.3 Å². The molecule has 0 aliphatic heterocycles. The van der Waals surface area contributed by atoms with Crippen LogP contribution < -0.4 is 10.1 Å². The third kappa shape index (κ3) is 6.58. The monoisotopic (exact) mass is 389 g/mol.